The summed E-state index contributed by atoms with van der Waals surface area (Å²) >= 11 is 1.77. The summed E-state index contributed by atoms with van der Waals surface area (Å²) in [7, 11) is 0. The standard InChI is InChI=1S/C16H29N5S/c1-3-17-16(18-8-7-15-20-13-14(2)22-15)19-9-12-21-10-5-4-6-11-21/h13H,3-12H2,1-2H3,(H2,17,18,19). The van der Waals surface area contributed by atoms with Crippen molar-refractivity contribution in [1.29, 1.82) is 0 Å². The lowest BCUT2D eigenvalue weighted by Gasteiger charge is -2.25. The summed E-state index contributed by atoms with van der Waals surface area (Å²) in [6, 6.07) is 0. The Bertz CT molecular complexity index is 451. The zero-order chi connectivity index (χ0) is 15.6. The molecule has 0 atom stereocenters. The van der Waals surface area contributed by atoms with Crippen LogP contribution in [0.15, 0.2) is 11.2 Å². The molecule has 0 bridgehead atoms. The molecule has 0 amide bonds. The second-order valence-electron chi connectivity index (χ2n) is 5.70. The van der Waals surface area contributed by atoms with Crippen LogP contribution in [0.25, 0.3) is 0 Å². The maximum Gasteiger partial charge on any atom is 0.191 e. The average molecular weight is 324 g/mol. The molecular weight excluding hydrogens is 294 g/mol. The van der Waals surface area contributed by atoms with Crippen molar-refractivity contribution in [2.24, 2.45) is 4.99 Å². The van der Waals surface area contributed by atoms with E-state index in [0.29, 0.717) is 0 Å². The number of piperidine rings is 1. The molecule has 124 valence electrons. The first-order chi connectivity index (χ1) is 10.8. The van der Waals surface area contributed by atoms with Gasteiger partial charge in [0.2, 0.25) is 0 Å². The fourth-order valence-electron chi connectivity index (χ4n) is 2.63. The fraction of sp³-hybridized carbons (Fsp3) is 0.750. The zero-order valence-electron chi connectivity index (χ0n) is 13.9. The molecule has 2 heterocycles. The molecule has 1 aliphatic heterocycles. The van der Waals surface area contributed by atoms with Crippen LogP contribution in [0.3, 0.4) is 0 Å². The Kier molecular flexibility index (Phi) is 7.66. The molecule has 0 spiro atoms. The van der Waals surface area contributed by atoms with Crippen molar-refractivity contribution in [2.45, 2.75) is 39.5 Å². The van der Waals surface area contributed by atoms with Crippen LogP contribution in [0.2, 0.25) is 0 Å². The molecular formula is C16H29N5S. The summed E-state index contributed by atoms with van der Waals surface area (Å²) < 4.78 is 0. The van der Waals surface area contributed by atoms with Gasteiger partial charge in [-0.25, -0.2) is 4.98 Å². The summed E-state index contributed by atoms with van der Waals surface area (Å²) in [4.78, 5) is 12.9. The zero-order valence-corrected chi connectivity index (χ0v) is 14.7. The molecule has 0 aromatic carbocycles. The van der Waals surface area contributed by atoms with E-state index in [9.17, 15) is 0 Å². The average Bonchev–Trinajstić information content (AvgIpc) is 2.94. The molecule has 2 rings (SSSR count). The minimum Gasteiger partial charge on any atom is -0.357 e. The molecule has 2 N–H and O–H groups in total. The van der Waals surface area contributed by atoms with Crippen LogP contribution in [0, 0.1) is 6.92 Å². The van der Waals surface area contributed by atoms with E-state index in [0.717, 1.165) is 38.6 Å². The number of rotatable bonds is 7. The van der Waals surface area contributed by atoms with Crippen LogP contribution in [0.1, 0.15) is 36.1 Å². The molecule has 1 aromatic heterocycles. The molecule has 0 aliphatic carbocycles. The van der Waals surface area contributed by atoms with E-state index in [1.165, 1.54) is 42.2 Å². The number of thiazole rings is 1. The highest BCUT2D eigenvalue weighted by Crippen LogP contribution is 2.11. The number of guanidine groups is 1. The molecule has 0 unspecified atom stereocenters. The second kappa shape index (κ2) is 9.79. The summed E-state index contributed by atoms with van der Waals surface area (Å²) in [5, 5.41) is 7.91. The van der Waals surface area contributed by atoms with Gasteiger partial charge in [0.1, 0.15) is 0 Å². The lowest BCUT2D eigenvalue weighted by Crippen LogP contribution is -2.39. The van der Waals surface area contributed by atoms with E-state index >= 15 is 0 Å². The molecule has 6 heteroatoms. The predicted octanol–water partition coefficient (Wildman–Crippen LogP) is 2.04. The largest absolute Gasteiger partial charge is 0.357 e. The Morgan fingerprint density at radius 2 is 2.14 bits per heavy atom. The van der Waals surface area contributed by atoms with E-state index in [4.69, 9.17) is 0 Å². The van der Waals surface area contributed by atoms with Crippen LogP contribution in [0.5, 0.6) is 0 Å². The molecule has 1 saturated heterocycles. The number of aryl methyl sites for hydroxylation is 1. The first-order valence-electron chi connectivity index (χ1n) is 8.44. The highest BCUT2D eigenvalue weighted by atomic mass is 32.1. The fourth-order valence-corrected chi connectivity index (χ4v) is 3.42. The molecule has 0 radical (unpaired) electrons. The number of aromatic nitrogens is 1. The van der Waals surface area contributed by atoms with Gasteiger partial charge in [0.15, 0.2) is 5.96 Å². The SMILES string of the molecule is CCNC(=NCCN1CCCCC1)NCCc1ncc(C)s1. The number of hydrogen-bond donors (Lipinski definition) is 2. The van der Waals surface area contributed by atoms with E-state index in [1.54, 1.807) is 11.3 Å². The van der Waals surface area contributed by atoms with Gasteiger partial charge in [-0.15, -0.1) is 11.3 Å². The highest BCUT2D eigenvalue weighted by molar-refractivity contribution is 7.11. The lowest BCUT2D eigenvalue weighted by atomic mass is 10.1. The van der Waals surface area contributed by atoms with Crippen molar-refractivity contribution < 1.29 is 0 Å². The van der Waals surface area contributed by atoms with Gasteiger partial charge < -0.3 is 15.5 Å². The Hall–Kier alpha value is -1.14. The quantitative estimate of drug-likeness (QED) is 0.595. The summed E-state index contributed by atoms with van der Waals surface area (Å²) in [5.41, 5.74) is 0. The van der Waals surface area contributed by atoms with E-state index in [1.807, 2.05) is 6.20 Å². The summed E-state index contributed by atoms with van der Waals surface area (Å²) in [6.07, 6.45) is 6.97. The van der Waals surface area contributed by atoms with Crippen molar-refractivity contribution in [1.82, 2.24) is 20.5 Å². The first-order valence-corrected chi connectivity index (χ1v) is 9.25. The maximum atomic E-state index is 4.68. The van der Waals surface area contributed by atoms with E-state index < -0.39 is 0 Å². The van der Waals surface area contributed by atoms with Gasteiger partial charge >= 0.3 is 0 Å². The molecule has 1 aliphatic rings. The normalized spacial score (nSPS) is 16.7. The Labute approximate surface area is 138 Å². The van der Waals surface area contributed by atoms with Gasteiger partial charge in [-0.2, -0.15) is 0 Å². The number of likely N-dealkylation sites (tertiary alicyclic amines) is 1. The summed E-state index contributed by atoms with van der Waals surface area (Å²) in [6.45, 7) is 10.4. The van der Waals surface area contributed by atoms with Gasteiger partial charge in [-0.05, 0) is 39.8 Å². The van der Waals surface area contributed by atoms with Gasteiger partial charge in [0, 0.05) is 37.1 Å². The number of hydrogen-bond acceptors (Lipinski definition) is 4. The summed E-state index contributed by atoms with van der Waals surface area (Å²) in [5.74, 6) is 0.924. The van der Waals surface area contributed by atoms with Crippen molar-refractivity contribution >= 4 is 17.3 Å². The van der Waals surface area contributed by atoms with Crippen LogP contribution < -0.4 is 10.6 Å². The third kappa shape index (κ3) is 6.32. The van der Waals surface area contributed by atoms with Gasteiger partial charge in [0.05, 0.1) is 11.6 Å². The van der Waals surface area contributed by atoms with E-state index in [-0.39, 0.29) is 0 Å². The minimum absolute atomic E-state index is 0.867. The third-order valence-electron chi connectivity index (χ3n) is 3.78. The molecule has 0 saturated carbocycles. The Morgan fingerprint density at radius 1 is 1.32 bits per heavy atom. The lowest BCUT2D eigenvalue weighted by molar-refractivity contribution is 0.235. The van der Waals surface area contributed by atoms with Crippen molar-refractivity contribution in [3.63, 3.8) is 0 Å². The maximum absolute atomic E-state index is 4.68. The van der Waals surface area contributed by atoms with E-state index in [2.05, 4.69) is 39.4 Å². The minimum atomic E-state index is 0.867. The highest BCUT2D eigenvalue weighted by Gasteiger charge is 2.09. The predicted molar refractivity (Wildman–Crippen MR) is 94.8 cm³/mol. The number of aliphatic imine (C=N–C) groups is 1. The monoisotopic (exact) mass is 323 g/mol. The topological polar surface area (TPSA) is 52.6 Å². The van der Waals surface area contributed by atoms with Crippen molar-refractivity contribution in [2.75, 3.05) is 39.3 Å². The van der Waals surface area contributed by atoms with Crippen LogP contribution in [-0.4, -0.2) is 55.1 Å². The van der Waals surface area contributed by atoms with Crippen LogP contribution in [-0.2, 0) is 6.42 Å². The van der Waals surface area contributed by atoms with Crippen LogP contribution in [0.4, 0.5) is 0 Å². The first kappa shape index (κ1) is 17.2. The molecule has 22 heavy (non-hydrogen) atoms. The van der Waals surface area contributed by atoms with Crippen molar-refractivity contribution in [3.8, 4) is 0 Å². The molecule has 5 nitrogen and oxygen atoms in total. The number of nitrogens with zero attached hydrogens (tertiary/aromatic N) is 3. The Balaban J connectivity index is 1.69. The molecule has 1 aromatic rings. The molecule has 1 fully saturated rings. The van der Waals surface area contributed by atoms with Gasteiger partial charge in [-0.1, -0.05) is 6.42 Å². The van der Waals surface area contributed by atoms with Gasteiger partial charge in [0.25, 0.3) is 0 Å². The number of nitrogens with one attached hydrogen (secondary N) is 2. The van der Waals surface area contributed by atoms with Crippen molar-refractivity contribution in [3.05, 3.63) is 16.1 Å². The smallest absolute Gasteiger partial charge is 0.191 e. The van der Waals surface area contributed by atoms with Crippen LogP contribution >= 0.6 is 11.3 Å². The third-order valence-corrected chi connectivity index (χ3v) is 4.75. The second-order valence-corrected chi connectivity index (χ2v) is 7.02. The Morgan fingerprint density at radius 3 is 2.82 bits per heavy atom. The van der Waals surface area contributed by atoms with Gasteiger partial charge in [-0.3, -0.25) is 4.99 Å².